The fraction of sp³-hybridized carbons (Fsp3) is 0.500. The van der Waals surface area contributed by atoms with Crippen molar-refractivity contribution in [3.05, 3.63) is 23.8 Å². The van der Waals surface area contributed by atoms with Crippen LogP contribution in [-0.2, 0) is 6.18 Å². The van der Waals surface area contributed by atoms with Gasteiger partial charge in [0.25, 0.3) is 0 Å². The molecule has 0 aliphatic heterocycles. The van der Waals surface area contributed by atoms with Crippen LogP contribution < -0.4 is 11.1 Å². The fourth-order valence-electron chi connectivity index (χ4n) is 1.55. The van der Waals surface area contributed by atoms with Gasteiger partial charge in [0.15, 0.2) is 0 Å². The van der Waals surface area contributed by atoms with E-state index >= 15 is 0 Å². The van der Waals surface area contributed by atoms with E-state index in [4.69, 9.17) is 5.73 Å². The number of nitrogen functional groups attached to an aromatic ring is 1. The molecule has 0 aliphatic rings. The third-order valence-electron chi connectivity index (χ3n) is 2.60. The molecule has 0 fully saturated rings. The summed E-state index contributed by atoms with van der Waals surface area (Å²) in [5.74, 6) is 0.886. The molecule has 0 radical (unpaired) electrons. The molecule has 0 aromatic heterocycles. The number of nitrogens with two attached hydrogens (primary N) is 1. The highest BCUT2D eigenvalue weighted by Crippen LogP contribution is 2.33. The van der Waals surface area contributed by atoms with Gasteiger partial charge in [0.2, 0.25) is 0 Å². The molecule has 0 saturated carbocycles. The molecule has 1 unspecified atom stereocenters. The summed E-state index contributed by atoms with van der Waals surface area (Å²) in [7, 11) is 0. The van der Waals surface area contributed by atoms with E-state index in [1.807, 2.05) is 13.2 Å². The summed E-state index contributed by atoms with van der Waals surface area (Å²) >= 11 is 1.68. The van der Waals surface area contributed by atoms with Gasteiger partial charge in [0.05, 0.1) is 16.9 Å². The van der Waals surface area contributed by atoms with Crippen LogP contribution in [0.15, 0.2) is 18.2 Å². The van der Waals surface area contributed by atoms with Crippen molar-refractivity contribution in [1.82, 2.24) is 0 Å². The van der Waals surface area contributed by atoms with Crippen molar-refractivity contribution >= 4 is 23.1 Å². The van der Waals surface area contributed by atoms with E-state index in [-0.39, 0.29) is 11.7 Å². The zero-order valence-electron chi connectivity index (χ0n) is 10.3. The fourth-order valence-corrected chi connectivity index (χ4v) is 2.27. The molecule has 0 heterocycles. The molecule has 1 aromatic rings. The maximum atomic E-state index is 12.5. The van der Waals surface area contributed by atoms with Crippen molar-refractivity contribution in [3.8, 4) is 0 Å². The van der Waals surface area contributed by atoms with Crippen LogP contribution in [0.3, 0.4) is 0 Å². The Morgan fingerprint density at radius 1 is 1.39 bits per heavy atom. The maximum Gasteiger partial charge on any atom is 0.416 e. The Bertz CT molecular complexity index is 393. The lowest BCUT2D eigenvalue weighted by atomic mass is 10.1. The van der Waals surface area contributed by atoms with Crippen molar-refractivity contribution in [3.63, 3.8) is 0 Å². The van der Waals surface area contributed by atoms with Gasteiger partial charge in [0.1, 0.15) is 0 Å². The van der Waals surface area contributed by atoms with E-state index in [2.05, 4.69) is 5.32 Å². The molecule has 0 saturated heterocycles. The number of halogens is 3. The highest BCUT2D eigenvalue weighted by molar-refractivity contribution is 7.98. The van der Waals surface area contributed by atoms with Crippen molar-refractivity contribution in [2.24, 2.45) is 0 Å². The first kappa shape index (κ1) is 15.0. The number of thioether (sulfide) groups is 1. The maximum absolute atomic E-state index is 12.5. The van der Waals surface area contributed by atoms with Gasteiger partial charge in [-0.3, -0.25) is 0 Å². The molecule has 1 atom stereocenters. The van der Waals surface area contributed by atoms with Crippen LogP contribution in [0.4, 0.5) is 24.5 Å². The molecule has 6 heteroatoms. The molecule has 0 amide bonds. The summed E-state index contributed by atoms with van der Waals surface area (Å²) in [5.41, 5.74) is 5.62. The first-order valence-corrected chi connectivity index (χ1v) is 7.00. The zero-order valence-corrected chi connectivity index (χ0v) is 11.2. The van der Waals surface area contributed by atoms with Gasteiger partial charge in [-0.2, -0.15) is 24.9 Å². The minimum atomic E-state index is -4.35. The van der Waals surface area contributed by atoms with E-state index < -0.39 is 11.7 Å². The van der Waals surface area contributed by atoms with Crippen molar-refractivity contribution < 1.29 is 13.2 Å². The molecular formula is C12H17F3N2S. The summed E-state index contributed by atoms with van der Waals surface area (Å²) in [6.07, 6.45) is -1.47. The quantitative estimate of drug-likeness (QED) is 0.804. The number of anilines is 2. The van der Waals surface area contributed by atoms with Crippen LogP contribution in [0.5, 0.6) is 0 Å². The minimum absolute atomic E-state index is 0.129. The second-order valence-electron chi connectivity index (χ2n) is 4.00. The Morgan fingerprint density at radius 3 is 2.50 bits per heavy atom. The second kappa shape index (κ2) is 6.22. The highest BCUT2D eigenvalue weighted by Gasteiger charge is 2.30. The first-order valence-electron chi connectivity index (χ1n) is 5.60. The van der Waals surface area contributed by atoms with Crippen LogP contribution in [-0.4, -0.2) is 18.1 Å². The monoisotopic (exact) mass is 278 g/mol. The Labute approximate surface area is 109 Å². The molecule has 0 bridgehead atoms. The van der Waals surface area contributed by atoms with Gasteiger partial charge in [-0.25, -0.2) is 0 Å². The summed E-state index contributed by atoms with van der Waals surface area (Å²) < 4.78 is 37.4. The Kier molecular flexibility index (Phi) is 5.19. The van der Waals surface area contributed by atoms with Crippen LogP contribution in [0.2, 0.25) is 0 Å². The van der Waals surface area contributed by atoms with Crippen LogP contribution >= 0.6 is 11.8 Å². The van der Waals surface area contributed by atoms with Crippen LogP contribution in [0.25, 0.3) is 0 Å². The van der Waals surface area contributed by atoms with E-state index in [0.717, 1.165) is 24.3 Å². The average molecular weight is 278 g/mol. The number of nitrogens with one attached hydrogen (secondary N) is 1. The average Bonchev–Trinajstić information content (AvgIpc) is 2.29. The summed E-state index contributed by atoms with van der Waals surface area (Å²) in [5, 5.41) is 3.16. The topological polar surface area (TPSA) is 38.0 Å². The predicted molar refractivity (Wildman–Crippen MR) is 71.9 cm³/mol. The van der Waals surface area contributed by atoms with E-state index in [1.165, 1.54) is 6.07 Å². The summed E-state index contributed by atoms with van der Waals surface area (Å²) in [6.45, 7) is 2.02. The van der Waals surface area contributed by atoms with Crippen molar-refractivity contribution in [2.45, 2.75) is 25.6 Å². The molecule has 1 rings (SSSR count). The molecule has 18 heavy (non-hydrogen) atoms. The van der Waals surface area contributed by atoms with Crippen LogP contribution in [0.1, 0.15) is 18.9 Å². The van der Waals surface area contributed by atoms with Gasteiger partial charge in [-0.15, -0.1) is 0 Å². The lowest BCUT2D eigenvalue weighted by molar-refractivity contribution is -0.137. The van der Waals surface area contributed by atoms with E-state index in [1.54, 1.807) is 11.8 Å². The number of rotatable bonds is 5. The molecule has 0 aliphatic carbocycles. The third-order valence-corrected chi connectivity index (χ3v) is 3.33. The molecule has 1 aromatic carbocycles. The highest BCUT2D eigenvalue weighted by atomic mass is 32.2. The number of benzene rings is 1. The normalized spacial score (nSPS) is 13.4. The largest absolute Gasteiger partial charge is 0.416 e. The third kappa shape index (κ3) is 4.01. The minimum Gasteiger partial charge on any atom is -0.397 e. The molecular weight excluding hydrogens is 261 g/mol. The van der Waals surface area contributed by atoms with Crippen LogP contribution in [0, 0.1) is 0 Å². The lowest BCUT2D eigenvalue weighted by Gasteiger charge is -2.19. The zero-order chi connectivity index (χ0) is 13.8. The van der Waals surface area contributed by atoms with Gasteiger partial charge in [-0.1, -0.05) is 6.92 Å². The summed E-state index contributed by atoms with van der Waals surface area (Å²) in [4.78, 5) is 0. The van der Waals surface area contributed by atoms with E-state index in [9.17, 15) is 13.2 Å². The Hall–Kier alpha value is -1.04. The van der Waals surface area contributed by atoms with Crippen molar-refractivity contribution in [2.75, 3.05) is 23.1 Å². The lowest BCUT2D eigenvalue weighted by Crippen LogP contribution is -2.22. The Balaban J connectivity index is 2.85. The number of hydrogen-bond acceptors (Lipinski definition) is 3. The van der Waals surface area contributed by atoms with Crippen molar-refractivity contribution in [1.29, 1.82) is 0 Å². The van der Waals surface area contributed by atoms with Gasteiger partial charge in [-0.05, 0) is 30.9 Å². The second-order valence-corrected chi connectivity index (χ2v) is 4.92. The smallest absolute Gasteiger partial charge is 0.397 e. The first-order chi connectivity index (χ1) is 8.38. The molecule has 3 N–H and O–H groups in total. The molecule has 2 nitrogen and oxygen atoms in total. The van der Waals surface area contributed by atoms with E-state index in [0.29, 0.717) is 5.69 Å². The number of alkyl halides is 3. The van der Waals surface area contributed by atoms with Gasteiger partial charge < -0.3 is 11.1 Å². The predicted octanol–water partition coefficient (Wildman–Crippen LogP) is 3.84. The molecule has 0 spiro atoms. The molecule has 102 valence electrons. The summed E-state index contributed by atoms with van der Waals surface area (Å²) in [6, 6.07) is 3.61. The standard InChI is InChI=1S/C12H17F3N2S/c1-3-9(7-18-2)17-11-5-4-8(6-10(11)16)12(13,14)15/h4-6,9,17H,3,7,16H2,1-2H3. The van der Waals surface area contributed by atoms with Gasteiger partial charge in [0, 0.05) is 11.8 Å². The Morgan fingerprint density at radius 2 is 2.06 bits per heavy atom. The number of hydrogen-bond donors (Lipinski definition) is 2. The SMILES string of the molecule is CCC(CSC)Nc1ccc(C(F)(F)F)cc1N. The van der Waals surface area contributed by atoms with Gasteiger partial charge >= 0.3 is 6.18 Å².